The standard InChI is InChI=1S/C18H23N3O3S/c1-20(2)15-10-12-21(13-15)25(22,23)16-8-6-14(7-9-16)17-5-4-11-19-18(17)24-3/h4-9,11,15H,10,12-13H2,1-3H3. The summed E-state index contributed by atoms with van der Waals surface area (Å²) in [6.45, 7) is 1.09. The fourth-order valence-electron chi connectivity index (χ4n) is 3.08. The van der Waals surface area contributed by atoms with E-state index in [4.69, 9.17) is 4.74 Å². The van der Waals surface area contributed by atoms with E-state index < -0.39 is 10.0 Å². The number of pyridine rings is 1. The van der Waals surface area contributed by atoms with Crippen molar-refractivity contribution < 1.29 is 13.2 Å². The van der Waals surface area contributed by atoms with Crippen LogP contribution in [0.5, 0.6) is 5.88 Å². The SMILES string of the molecule is COc1ncccc1-c1ccc(S(=O)(=O)N2CCC(N(C)C)C2)cc1. The van der Waals surface area contributed by atoms with Gasteiger partial charge in [0, 0.05) is 30.9 Å². The molecular weight excluding hydrogens is 338 g/mol. The number of benzene rings is 1. The normalized spacial score (nSPS) is 18.6. The van der Waals surface area contributed by atoms with Crippen LogP contribution < -0.4 is 4.74 Å². The molecule has 0 saturated carbocycles. The number of nitrogens with zero attached hydrogens (tertiary/aromatic N) is 3. The predicted octanol–water partition coefficient (Wildman–Crippen LogP) is 2.08. The Morgan fingerprint density at radius 2 is 1.92 bits per heavy atom. The van der Waals surface area contributed by atoms with Gasteiger partial charge in [-0.25, -0.2) is 13.4 Å². The van der Waals surface area contributed by atoms with Crippen molar-refractivity contribution in [2.45, 2.75) is 17.4 Å². The van der Waals surface area contributed by atoms with Gasteiger partial charge >= 0.3 is 0 Å². The fraction of sp³-hybridized carbons (Fsp3) is 0.389. The van der Waals surface area contributed by atoms with Crippen LogP contribution in [0.2, 0.25) is 0 Å². The molecule has 0 bridgehead atoms. The minimum Gasteiger partial charge on any atom is -0.481 e. The zero-order valence-electron chi connectivity index (χ0n) is 14.7. The van der Waals surface area contributed by atoms with E-state index in [0.29, 0.717) is 23.9 Å². The molecule has 1 unspecified atom stereocenters. The van der Waals surface area contributed by atoms with Crippen molar-refractivity contribution >= 4 is 10.0 Å². The molecule has 134 valence electrons. The Labute approximate surface area is 149 Å². The van der Waals surface area contributed by atoms with Gasteiger partial charge in [0.2, 0.25) is 15.9 Å². The fourth-order valence-corrected chi connectivity index (χ4v) is 4.57. The highest BCUT2D eigenvalue weighted by Crippen LogP contribution is 2.29. The molecule has 1 aliphatic rings. The second-order valence-corrected chi connectivity index (χ2v) is 8.29. The van der Waals surface area contributed by atoms with Crippen LogP contribution in [0, 0.1) is 0 Å². The Balaban J connectivity index is 1.85. The third-order valence-corrected chi connectivity index (χ3v) is 6.50. The minimum absolute atomic E-state index is 0.272. The zero-order chi connectivity index (χ0) is 18.0. The molecule has 2 aromatic rings. The molecule has 1 saturated heterocycles. The van der Waals surface area contributed by atoms with Gasteiger partial charge in [0.25, 0.3) is 0 Å². The summed E-state index contributed by atoms with van der Waals surface area (Å²) >= 11 is 0. The summed E-state index contributed by atoms with van der Waals surface area (Å²) in [6, 6.07) is 10.9. The first kappa shape index (κ1) is 17.8. The van der Waals surface area contributed by atoms with E-state index >= 15 is 0 Å². The maximum atomic E-state index is 12.8. The van der Waals surface area contributed by atoms with Gasteiger partial charge in [0.05, 0.1) is 12.0 Å². The van der Waals surface area contributed by atoms with Gasteiger partial charge in [0.1, 0.15) is 0 Å². The lowest BCUT2D eigenvalue weighted by Gasteiger charge is -2.20. The second-order valence-electron chi connectivity index (χ2n) is 6.35. The molecule has 0 N–H and O–H groups in total. The first-order chi connectivity index (χ1) is 11.9. The molecule has 3 rings (SSSR count). The van der Waals surface area contributed by atoms with E-state index in [2.05, 4.69) is 9.88 Å². The monoisotopic (exact) mass is 361 g/mol. The largest absolute Gasteiger partial charge is 0.481 e. The molecule has 1 aliphatic heterocycles. The summed E-state index contributed by atoms with van der Waals surface area (Å²) in [5, 5.41) is 0. The van der Waals surface area contributed by atoms with Gasteiger partial charge in [-0.1, -0.05) is 12.1 Å². The van der Waals surface area contributed by atoms with Crippen LogP contribution in [0.15, 0.2) is 47.5 Å². The highest BCUT2D eigenvalue weighted by Gasteiger charge is 2.33. The molecule has 1 aromatic carbocycles. The summed E-state index contributed by atoms with van der Waals surface area (Å²) in [6.07, 6.45) is 2.52. The maximum absolute atomic E-state index is 12.8. The molecular formula is C18H23N3O3S. The van der Waals surface area contributed by atoms with Crippen LogP contribution in [0.3, 0.4) is 0 Å². The number of ether oxygens (including phenoxy) is 1. The summed E-state index contributed by atoms with van der Waals surface area (Å²) in [5.74, 6) is 0.520. The van der Waals surface area contributed by atoms with Crippen LogP contribution in [-0.2, 0) is 10.0 Å². The molecule has 2 heterocycles. The zero-order valence-corrected chi connectivity index (χ0v) is 15.5. The van der Waals surface area contributed by atoms with Crippen molar-refractivity contribution in [1.29, 1.82) is 0 Å². The number of methoxy groups -OCH3 is 1. The van der Waals surface area contributed by atoms with Crippen LogP contribution in [-0.4, -0.2) is 62.9 Å². The predicted molar refractivity (Wildman–Crippen MR) is 97.1 cm³/mol. The molecule has 1 atom stereocenters. The maximum Gasteiger partial charge on any atom is 0.243 e. The second kappa shape index (κ2) is 7.11. The van der Waals surface area contributed by atoms with Gasteiger partial charge in [-0.3, -0.25) is 0 Å². The van der Waals surface area contributed by atoms with E-state index in [-0.39, 0.29) is 6.04 Å². The number of sulfonamides is 1. The van der Waals surface area contributed by atoms with Gasteiger partial charge in [-0.15, -0.1) is 0 Å². The minimum atomic E-state index is -3.46. The smallest absolute Gasteiger partial charge is 0.243 e. The Hall–Kier alpha value is -1.96. The van der Waals surface area contributed by atoms with Crippen LogP contribution >= 0.6 is 0 Å². The quantitative estimate of drug-likeness (QED) is 0.816. The Kier molecular flexibility index (Phi) is 5.08. The van der Waals surface area contributed by atoms with E-state index in [9.17, 15) is 8.42 Å². The molecule has 0 aliphatic carbocycles. The number of aromatic nitrogens is 1. The number of likely N-dealkylation sites (N-methyl/N-ethyl adjacent to an activating group) is 1. The van der Waals surface area contributed by atoms with E-state index in [1.165, 1.54) is 0 Å². The Bertz CT molecular complexity index is 835. The van der Waals surface area contributed by atoms with Gasteiger partial charge < -0.3 is 9.64 Å². The van der Waals surface area contributed by atoms with Crippen molar-refractivity contribution in [3.05, 3.63) is 42.6 Å². The molecule has 6 nitrogen and oxygen atoms in total. The van der Waals surface area contributed by atoms with Crippen molar-refractivity contribution in [3.63, 3.8) is 0 Å². The highest BCUT2D eigenvalue weighted by atomic mass is 32.2. The van der Waals surface area contributed by atoms with Gasteiger partial charge in [-0.05, 0) is 50.3 Å². The number of rotatable bonds is 5. The summed E-state index contributed by atoms with van der Waals surface area (Å²) in [7, 11) is 2.07. The number of hydrogen-bond acceptors (Lipinski definition) is 5. The topological polar surface area (TPSA) is 62.7 Å². The molecule has 0 radical (unpaired) electrons. The molecule has 25 heavy (non-hydrogen) atoms. The first-order valence-corrected chi connectivity index (χ1v) is 9.63. The highest BCUT2D eigenvalue weighted by molar-refractivity contribution is 7.89. The first-order valence-electron chi connectivity index (χ1n) is 8.19. The van der Waals surface area contributed by atoms with Gasteiger partial charge in [0.15, 0.2) is 0 Å². The van der Waals surface area contributed by atoms with Crippen LogP contribution in [0.4, 0.5) is 0 Å². The lowest BCUT2D eigenvalue weighted by atomic mass is 10.1. The van der Waals surface area contributed by atoms with Crippen molar-refractivity contribution in [2.24, 2.45) is 0 Å². The third kappa shape index (κ3) is 3.53. The summed E-state index contributed by atoms with van der Waals surface area (Å²) in [5.41, 5.74) is 1.71. The lowest BCUT2D eigenvalue weighted by Crippen LogP contribution is -2.34. The molecule has 7 heteroatoms. The van der Waals surface area contributed by atoms with Crippen molar-refractivity contribution in [2.75, 3.05) is 34.3 Å². The van der Waals surface area contributed by atoms with Gasteiger partial charge in [-0.2, -0.15) is 4.31 Å². The average Bonchev–Trinajstić information content (AvgIpc) is 3.13. The van der Waals surface area contributed by atoms with E-state index in [1.54, 1.807) is 41.9 Å². The van der Waals surface area contributed by atoms with E-state index in [1.807, 2.05) is 26.2 Å². The van der Waals surface area contributed by atoms with Crippen molar-refractivity contribution in [3.8, 4) is 17.0 Å². The molecule has 1 fully saturated rings. The van der Waals surface area contributed by atoms with Crippen LogP contribution in [0.25, 0.3) is 11.1 Å². The van der Waals surface area contributed by atoms with E-state index in [0.717, 1.165) is 17.5 Å². The van der Waals surface area contributed by atoms with Crippen molar-refractivity contribution in [1.82, 2.24) is 14.2 Å². The van der Waals surface area contributed by atoms with Crippen LogP contribution in [0.1, 0.15) is 6.42 Å². The Morgan fingerprint density at radius 3 is 2.52 bits per heavy atom. The molecule has 1 aromatic heterocycles. The molecule has 0 spiro atoms. The average molecular weight is 361 g/mol. The number of hydrogen-bond donors (Lipinski definition) is 0. The molecule has 0 amide bonds. The summed E-state index contributed by atoms with van der Waals surface area (Å²) in [4.78, 5) is 6.57. The lowest BCUT2D eigenvalue weighted by molar-refractivity contribution is 0.302. The Morgan fingerprint density at radius 1 is 1.20 bits per heavy atom. The third-order valence-electron chi connectivity index (χ3n) is 4.62. The summed E-state index contributed by atoms with van der Waals surface area (Å²) < 4.78 is 32.5.